The Balaban J connectivity index is 2.51. The monoisotopic (exact) mass is 188 g/mol. The Morgan fingerprint density at radius 3 is 2.31 bits per heavy atom. The summed E-state index contributed by atoms with van der Waals surface area (Å²) in [7, 11) is 0. The molecule has 0 aromatic heterocycles. The van der Waals surface area contributed by atoms with Crippen LogP contribution in [0, 0.1) is 0 Å². The third-order valence-corrected chi connectivity index (χ3v) is 2.75. The van der Waals surface area contributed by atoms with E-state index >= 15 is 0 Å². The van der Waals surface area contributed by atoms with Crippen molar-refractivity contribution >= 4 is 6.09 Å². The van der Waals surface area contributed by atoms with Crippen LogP contribution >= 0.6 is 0 Å². The van der Waals surface area contributed by atoms with E-state index in [1.165, 1.54) is 4.90 Å². The van der Waals surface area contributed by atoms with Crippen LogP contribution in [-0.4, -0.2) is 45.9 Å². The summed E-state index contributed by atoms with van der Waals surface area (Å²) in [6.45, 7) is 2.48. The van der Waals surface area contributed by atoms with Crippen LogP contribution in [0.2, 0.25) is 0 Å². The molecule has 5 nitrogen and oxygen atoms in total. The van der Waals surface area contributed by atoms with Crippen LogP contribution in [0.5, 0.6) is 0 Å². The molecule has 1 fully saturated rings. The van der Waals surface area contributed by atoms with Gasteiger partial charge in [-0.3, -0.25) is 0 Å². The van der Waals surface area contributed by atoms with Crippen LogP contribution in [0.4, 0.5) is 4.79 Å². The molecule has 1 aliphatic rings. The van der Waals surface area contributed by atoms with E-state index in [9.17, 15) is 9.90 Å². The quantitative estimate of drug-likeness (QED) is 0.533. The highest BCUT2D eigenvalue weighted by Crippen LogP contribution is 2.24. The second-order valence-corrected chi connectivity index (χ2v) is 3.66. The average molecular weight is 188 g/mol. The van der Waals surface area contributed by atoms with Crippen LogP contribution in [0.25, 0.3) is 0 Å². The van der Waals surface area contributed by atoms with Crippen molar-refractivity contribution in [2.24, 2.45) is 5.73 Å². The van der Waals surface area contributed by atoms with Crippen LogP contribution in [-0.2, 0) is 0 Å². The van der Waals surface area contributed by atoms with Crippen molar-refractivity contribution in [3.05, 3.63) is 0 Å². The molecule has 0 saturated carbocycles. The van der Waals surface area contributed by atoms with E-state index in [0.29, 0.717) is 25.9 Å². The minimum absolute atomic E-state index is 0.302. The zero-order chi connectivity index (χ0) is 10.1. The number of hydrogen-bond donors (Lipinski definition) is 3. The van der Waals surface area contributed by atoms with Gasteiger partial charge < -0.3 is 20.8 Å². The van der Waals surface area contributed by atoms with Crippen molar-refractivity contribution in [1.29, 1.82) is 0 Å². The van der Waals surface area contributed by atoms with Crippen molar-refractivity contribution in [3.8, 4) is 0 Å². The molecular formula is C8H16N2O3. The molecule has 1 amide bonds. The van der Waals surface area contributed by atoms with Gasteiger partial charge in [-0.15, -0.1) is 0 Å². The van der Waals surface area contributed by atoms with Gasteiger partial charge in [0.2, 0.25) is 0 Å². The third kappa shape index (κ3) is 2.10. The summed E-state index contributed by atoms with van der Waals surface area (Å²) >= 11 is 0. The summed E-state index contributed by atoms with van der Waals surface area (Å²) in [5.41, 5.74) is 4.72. The second-order valence-electron chi connectivity index (χ2n) is 3.66. The number of likely N-dealkylation sites (tertiary alicyclic amines) is 1. The number of piperidine rings is 1. The smallest absolute Gasteiger partial charge is 0.407 e. The van der Waals surface area contributed by atoms with Crippen molar-refractivity contribution < 1.29 is 15.0 Å². The Hall–Kier alpha value is -0.810. The van der Waals surface area contributed by atoms with Gasteiger partial charge in [0, 0.05) is 19.1 Å². The van der Waals surface area contributed by atoms with Gasteiger partial charge in [0.15, 0.2) is 0 Å². The number of nitrogens with zero attached hydrogens (tertiary/aromatic N) is 1. The fraction of sp³-hybridized carbons (Fsp3) is 0.875. The maximum atomic E-state index is 10.5. The molecule has 1 heterocycles. The Kier molecular flexibility index (Phi) is 2.77. The predicted octanol–water partition coefficient (Wildman–Crippen LogP) is -0.162. The number of nitrogens with two attached hydrogens (primary N) is 1. The van der Waals surface area contributed by atoms with Crippen molar-refractivity contribution in [3.63, 3.8) is 0 Å². The van der Waals surface area contributed by atoms with Gasteiger partial charge in [0.05, 0.1) is 5.60 Å². The molecule has 0 radical (unpaired) electrons. The molecule has 0 aromatic rings. The molecule has 0 aliphatic carbocycles. The topological polar surface area (TPSA) is 86.8 Å². The van der Waals surface area contributed by atoms with Crippen LogP contribution in [0.1, 0.15) is 19.8 Å². The summed E-state index contributed by atoms with van der Waals surface area (Å²) in [4.78, 5) is 11.9. The molecule has 0 bridgehead atoms. The Morgan fingerprint density at radius 2 is 2.00 bits per heavy atom. The van der Waals surface area contributed by atoms with Crippen molar-refractivity contribution in [2.75, 3.05) is 13.1 Å². The molecule has 0 unspecified atom stereocenters. The minimum Gasteiger partial charge on any atom is -0.465 e. The van der Waals surface area contributed by atoms with Gasteiger partial charge in [0.25, 0.3) is 0 Å². The first kappa shape index (κ1) is 10.3. The molecular weight excluding hydrogens is 172 g/mol. The number of hydrogen-bond acceptors (Lipinski definition) is 3. The third-order valence-electron chi connectivity index (χ3n) is 2.75. The van der Waals surface area contributed by atoms with Gasteiger partial charge >= 0.3 is 6.09 Å². The van der Waals surface area contributed by atoms with Crippen molar-refractivity contribution in [2.45, 2.75) is 31.4 Å². The molecule has 5 heteroatoms. The van der Waals surface area contributed by atoms with Gasteiger partial charge in [-0.05, 0) is 19.8 Å². The first-order chi connectivity index (χ1) is 5.96. The van der Waals surface area contributed by atoms with Crippen LogP contribution in [0.15, 0.2) is 0 Å². The molecule has 13 heavy (non-hydrogen) atoms. The van der Waals surface area contributed by atoms with Crippen LogP contribution in [0.3, 0.4) is 0 Å². The highest BCUT2D eigenvalue weighted by atomic mass is 16.4. The fourth-order valence-corrected chi connectivity index (χ4v) is 1.54. The lowest BCUT2D eigenvalue weighted by Crippen LogP contribution is -2.54. The second kappa shape index (κ2) is 3.51. The molecule has 0 aromatic carbocycles. The van der Waals surface area contributed by atoms with Gasteiger partial charge in [-0.2, -0.15) is 0 Å². The highest BCUT2D eigenvalue weighted by Gasteiger charge is 2.36. The first-order valence-corrected chi connectivity index (χ1v) is 4.41. The number of carbonyl (C=O) groups is 1. The molecule has 4 N–H and O–H groups in total. The molecule has 1 atom stereocenters. The van der Waals surface area contributed by atoms with E-state index in [1.807, 2.05) is 0 Å². The van der Waals surface area contributed by atoms with Gasteiger partial charge in [-0.1, -0.05) is 0 Å². The lowest BCUT2D eigenvalue weighted by molar-refractivity contribution is -0.0322. The largest absolute Gasteiger partial charge is 0.465 e. The van der Waals surface area contributed by atoms with Gasteiger partial charge in [-0.25, -0.2) is 4.79 Å². The van der Waals surface area contributed by atoms with E-state index in [-0.39, 0.29) is 6.04 Å². The van der Waals surface area contributed by atoms with E-state index in [2.05, 4.69) is 0 Å². The first-order valence-electron chi connectivity index (χ1n) is 4.41. The summed E-state index contributed by atoms with van der Waals surface area (Å²) in [5, 5.41) is 18.6. The van der Waals surface area contributed by atoms with E-state index in [4.69, 9.17) is 10.8 Å². The molecule has 1 saturated heterocycles. The zero-order valence-corrected chi connectivity index (χ0v) is 7.73. The van der Waals surface area contributed by atoms with Gasteiger partial charge in [0.1, 0.15) is 0 Å². The standard InChI is InChI=1S/C8H16N2O3/c1-6(9)8(13)2-4-10(5-3-8)7(11)12/h6,13H,2-5,9H2,1H3,(H,11,12)/t6-/m1/s1. The summed E-state index contributed by atoms with van der Waals surface area (Å²) in [6.07, 6.45) is -0.0692. The van der Waals surface area contributed by atoms with Crippen molar-refractivity contribution in [1.82, 2.24) is 4.90 Å². The fourth-order valence-electron chi connectivity index (χ4n) is 1.54. The molecule has 76 valence electrons. The number of rotatable bonds is 1. The average Bonchev–Trinajstić information content (AvgIpc) is 2.04. The highest BCUT2D eigenvalue weighted by molar-refractivity contribution is 5.65. The Bertz CT molecular complexity index is 198. The van der Waals surface area contributed by atoms with E-state index < -0.39 is 11.7 Å². The summed E-state index contributed by atoms with van der Waals surface area (Å²) in [6, 6.07) is -0.302. The normalized spacial score (nSPS) is 24.1. The lowest BCUT2D eigenvalue weighted by Gasteiger charge is -2.39. The summed E-state index contributed by atoms with van der Waals surface area (Å²) < 4.78 is 0. The van der Waals surface area contributed by atoms with E-state index in [1.54, 1.807) is 6.92 Å². The lowest BCUT2D eigenvalue weighted by atomic mass is 9.86. The maximum absolute atomic E-state index is 10.5. The SMILES string of the molecule is C[C@@H](N)C1(O)CCN(C(=O)O)CC1. The maximum Gasteiger partial charge on any atom is 0.407 e. The Labute approximate surface area is 77.1 Å². The summed E-state index contributed by atoms with van der Waals surface area (Å²) in [5.74, 6) is 0. The number of aliphatic hydroxyl groups is 1. The molecule has 1 aliphatic heterocycles. The van der Waals surface area contributed by atoms with E-state index in [0.717, 1.165) is 0 Å². The predicted molar refractivity (Wildman–Crippen MR) is 47.4 cm³/mol. The van der Waals surface area contributed by atoms with Crippen LogP contribution < -0.4 is 5.73 Å². The number of carboxylic acid groups (broad SMARTS) is 1. The minimum atomic E-state index is -0.924. The molecule has 0 spiro atoms. The zero-order valence-electron chi connectivity index (χ0n) is 7.73. The number of amides is 1. The Morgan fingerprint density at radius 1 is 1.54 bits per heavy atom. The molecule has 1 rings (SSSR count).